The van der Waals surface area contributed by atoms with Crippen molar-refractivity contribution in [2.75, 3.05) is 6.54 Å². The fourth-order valence-corrected chi connectivity index (χ4v) is 2.22. The number of aryl methyl sites for hydroxylation is 2. The molecule has 0 saturated heterocycles. The predicted octanol–water partition coefficient (Wildman–Crippen LogP) is 4.10. The molecule has 0 heterocycles. The molecule has 0 aliphatic heterocycles. The van der Waals surface area contributed by atoms with Gasteiger partial charge in [-0.25, -0.2) is 0 Å². The molecule has 0 saturated carbocycles. The number of benzene rings is 1. The van der Waals surface area contributed by atoms with E-state index in [9.17, 15) is 0 Å². The zero-order valence-electron chi connectivity index (χ0n) is 11.6. The Bertz CT molecular complexity index is 306. The van der Waals surface area contributed by atoms with Crippen LogP contribution in [-0.2, 0) is 6.42 Å². The third-order valence-corrected chi connectivity index (χ3v) is 3.28. The Morgan fingerprint density at radius 3 is 2.71 bits per heavy atom. The van der Waals surface area contributed by atoms with Crippen LogP contribution in [0.4, 0.5) is 0 Å². The van der Waals surface area contributed by atoms with Gasteiger partial charge in [0.05, 0.1) is 0 Å². The summed E-state index contributed by atoms with van der Waals surface area (Å²) < 4.78 is 0. The molecule has 1 nitrogen and oxygen atoms in total. The molecule has 1 aromatic carbocycles. The first kappa shape index (κ1) is 14.2. The minimum Gasteiger partial charge on any atom is -0.314 e. The van der Waals surface area contributed by atoms with E-state index in [1.165, 1.54) is 43.2 Å². The number of nitrogens with one attached hydrogen (secondary N) is 1. The Hall–Kier alpha value is -0.820. The van der Waals surface area contributed by atoms with E-state index in [1.54, 1.807) is 0 Å². The Morgan fingerprint density at radius 2 is 2.06 bits per heavy atom. The molecule has 1 aromatic rings. The first-order valence-corrected chi connectivity index (χ1v) is 7.05. The molecule has 17 heavy (non-hydrogen) atoms. The highest BCUT2D eigenvalue weighted by atomic mass is 14.9. The molecule has 1 rings (SSSR count). The summed E-state index contributed by atoms with van der Waals surface area (Å²) >= 11 is 0. The molecule has 0 bridgehead atoms. The Balaban J connectivity index is 2.26. The van der Waals surface area contributed by atoms with Gasteiger partial charge in [-0.15, -0.1) is 0 Å². The van der Waals surface area contributed by atoms with Crippen molar-refractivity contribution in [1.82, 2.24) is 5.32 Å². The third kappa shape index (κ3) is 5.88. The Kier molecular flexibility index (Phi) is 6.95. The molecule has 1 N–H and O–H groups in total. The second-order valence-corrected chi connectivity index (χ2v) is 4.94. The molecule has 1 heteroatoms. The van der Waals surface area contributed by atoms with Crippen molar-refractivity contribution < 1.29 is 0 Å². The van der Waals surface area contributed by atoms with Crippen LogP contribution in [0.3, 0.4) is 0 Å². The normalized spacial score (nSPS) is 12.6. The average Bonchev–Trinajstić information content (AvgIpc) is 2.33. The van der Waals surface area contributed by atoms with Crippen molar-refractivity contribution >= 4 is 0 Å². The van der Waals surface area contributed by atoms with Gasteiger partial charge in [-0.3, -0.25) is 0 Å². The number of hydrogen-bond donors (Lipinski definition) is 1. The quantitative estimate of drug-likeness (QED) is 0.713. The monoisotopic (exact) mass is 233 g/mol. The Labute approximate surface area is 107 Å². The molecule has 1 atom stereocenters. The fourth-order valence-electron chi connectivity index (χ4n) is 2.22. The van der Waals surface area contributed by atoms with Crippen LogP contribution in [-0.4, -0.2) is 12.6 Å². The number of hydrogen-bond acceptors (Lipinski definition) is 1. The first-order chi connectivity index (χ1) is 8.26. The zero-order chi connectivity index (χ0) is 12.5. The van der Waals surface area contributed by atoms with E-state index in [4.69, 9.17) is 0 Å². The summed E-state index contributed by atoms with van der Waals surface area (Å²) in [6.07, 6.45) is 6.28. The van der Waals surface area contributed by atoms with Crippen molar-refractivity contribution in [3.05, 3.63) is 35.4 Å². The predicted molar refractivity (Wildman–Crippen MR) is 76.5 cm³/mol. The van der Waals surface area contributed by atoms with Gasteiger partial charge in [0.1, 0.15) is 0 Å². The minimum atomic E-state index is 0.708. The molecule has 96 valence electrons. The van der Waals surface area contributed by atoms with Gasteiger partial charge in [-0.1, -0.05) is 43.7 Å². The van der Waals surface area contributed by atoms with Crippen molar-refractivity contribution in [2.45, 2.75) is 58.9 Å². The van der Waals surface area contributed by atoms with Crippen molar-refractivity contribution in [1.29, 1.82) is 0 Å². The summed E-state index contributed by atoms with van der Waals surface area (Å²) in [7, 11) is 0. The molecular formula is C16H27N. The van der Waals surface area contributed by atoms with Crippen LogP contribution >= 0.6 is 0 Å². The first-order valence-electron chi connectivity index (χ1n) is 7.05. The Morgan fingerprint density at radius 1 is 1.24 bits per heavy atom. The van der Waals surface area contributed by atoms with E-state index in [-0.39, 0.29) is 0 Å². The van der Waals surface area contributed by atoms with Gasteiger partial charge in [0.2, 0.25) is 0 Å². The third-order valence-electron chi connectivity index (χ3n) is 3.28. The van der Waals surface area contributed by atoms with E-state index in [2.05, 4.69) is 50.4 Å². The standard InChI is InChI=1S/C16H27N/c1-4-12-17-16(5-2)11-7-10-15-9-6-8-14(3)13-15/h6,8-9,13,16-17H,4-5,7,10-12H2,1-3H3. The van der Waals surface area contributed by atoms with Crippen LogP contribution < -0.4 is 5.32 Å². The van der Waals surface area contributed by atoms with Gasteiger partial charge in [-0.05, 0) is 51.1 Å². The summed E-state index contributed by atoms with van der Waals surface area (Å²) in [5.74, 6) is 0. The van der Waals surface area contributed by atoms with Crippen LogP contribution in [0.2, 0.25) is 0 Å². The van der Waals surface area contributed by atoms with Crippen LogP contribution in [0, 0.1) is 6.92 Å². The molecule has 0 aliphatic rings. The van der Waals surface area contributed by atoms with Crippen molar-refractivity contribution in [2.24, 2.45) is 0 Å². The lowest BCUT2D eigenvalue weighted by atomic mass is 10.0. The van der Waals surface area contributed by atoms with E-state index < -0.39 is 0 Å². The average molecular weight is 233 g/mol. The summed E-state index contributed by atoms with van der Waals surface area (Å²) in [6, 6.07) is 9.59. The van der Waals surface area contributed by atoms with Crippen molar-refractivity contribution in [3.8, 4) is 0 Å². The topological polar surface area (TPSA) is 12.0 Å². The molecular weight excluding hydrogens is 206 g/mol. The SMILES string of the molecule is CCCNC(CC)CCCc1cccc(C)c1. The maximum Gasteiger partial charge on any atom is 0.00645 e. The van der Waals surface area contributed by atoms with E-state index in [1.807, 2.05) is 0 Å². The van der Waals surface area contributed by atoms with Gasteiger partial charge in [0, 0.05) is 6.04 Å². The second kappa shape index (κ2) is 8.30. The van der Waals surface area contributed by atoms with Gasteiger partial charge >= 0.3 is 0 Å². The highest BCUT2D eigenvalue weighted by molar-refractivity contribution is 5.22. The number of rotatable bonds is 8. The molecule has 0 aliphatic carbocycles. The van der Waals surface area contributed by atoms with Crippen LogP contribution in [0.25, 0.3) is 0 Å². The largest absolute Gasteiger partial charge is 0.314 e. The summed E-state index contributed by atoms with van der Waals surface area (Å²) in [5, 5.41) is 3.62. The fraction of sp³-hybridized carbons (Fsp3) is 0.625. The van der Waals surface area contributed by atoms with Crippen molar-refractivity contribution in [3.63, 3.8) is 0 Å². The van der Waals surface area contributed by atoms with Crippen LogP contribution in [0.1, 0.15) is 50.7 Å². The lowest BCUT2D eigenvalue weighted by Crippen LogP contribution is -2.29. The summed E-state index contributed by atoms with van der Waals surface area (Å²) in [6.45, 7) is 7.83. The zero-order valence-corrected chi connectivity index (χ0v) is 11.6. The smallest absolute Gasteiger partial charge is 0.00645 e. The maximum atomic E-state index is 3.62. The van der Waals surface area contributed by atoms with Crippen LogP contribution in [0.15, 0.2) is 24.3 Å². The molecule has 0 fully saturated rings. The molecule has 1 unspecified atom stereocenters. The molecule has 0 aromatic heterocycles. The lowest BCUT2D eigenvalue weighted by Gasteiger charge is -2.16. The van der Waals surface area contributed by atoms with Crippen LogP contribution in [0.5, 0.6) is 0 Å². The summed E-state index contributed by atoms with van der Waals surface area (Å²) in [5.41, 5.74) is 2.86. The van der Waals surface area contributed by atoms with E-state index in [0.717, 1.165) is 6.54 Å². The van der Waals surface area contributed by atoms with E-state index in [0.29, 0.717) is 6.04 Å². The second-order valence-electron chi connectivity index (χ2n) is 4.94. The van der Waals surface area contributed by atoms with Gasteiger partial charge < -0.3 is 5.32 Å². The van der Waals surface area contributed by atoms with Gasteiger partial charge in [0.25, 0.3) is 0 Å². The molecule has 0 radical (unpaired) electrons. The maximum absolute atomic E-state index is 3.62. The highest BCUT2D eigenvalue weighted by Crippen LogP contribution is 2.10. The lowest BCUT2D eigenvalue weighted by molar-refractivity contribution is 0.456. The summed E-state index contributed by atoms with van der Waals surface area (Å²) in [4.78, 5) is 0. The molecule has 0 spiro atoms. The van der Waals surface area contributed by atoms with E-state index >= 15 is 0 Å². The van der Waals surface area contributed by atoms with Gasteiger partial charge in [-0.2, -0.15) is 0 Å². The molecule has 0 amide bonds. The highest BCUT2D eigenvalue weighted by Gasteiger charge is 2.04. The van der Waals surface area contributed by atoms with Gasteiger partial charge in [0.15, 0.2) is 0 Å². The minimum absolute atomic E-state index is 0.708.